The van der Waals surface area contributed by atoms with Crippen LogP contribution in [0.15, 0.2) is 48.9 Å². The van der Waals surface area contributed by atoms with Gasteiger partial charge in [0.05, 0.1) is 6.61 Å². The van der Waals surface area contributed by atoms with Gasteiger partial charge in [-0.2, -0.15) is 4.98 Å². The van der Waals surface area contributed by atoms with E-state index in [-0.39, 0.29) is 6.61 Å². The maximum Gasteiger partial charge on any atom is 0.230 e. The molecule has 2 heterocycles. The van der Waals surface area contributed by atoms with Crippen molar-refractivity contribution < 1.29 is 5.11 Å². The Balaban J connectivity index is 1.77. The van der Waals surface area contributed by atoms with E-state index in [2.05, 4.69) is 35.9 Å². The third kappa shape index (κ3) is 4.71. The van der Waals surface area contributed by atoms with Crippen LogP contribution in [0.5, 0.6) is 0 Å². The first-order valence-corrected chi connectivity index (χ1v) is 8.29. The third-order valence-corrected chi connectivity index (χ3v) is 3.64. The number of aliphatic hydroxyl groups excluding tert-OH is 1. The number of hydrogen-bond acceptors (Lipinski definition) is 8. The Morgan fingerprint density at radius 3 is 2.81 bits per heavy atom. The number of aromatic nitrogens is 4. The second kappa shape index (κ2) is 8.84. The number of pyridine rings is 1. The molecule has 26 heavy (non-hydrogen) atoms. The van der Waals surface area contributed by atoms with Crippen LogP contribution in [0, 0.1) is 0 Å². The largest absolute Gasteiger partial charge is 0.392 e. The van der Waals surface area contributed by atoms with Crippen molar-refractivity contribution in [2.75, 3.05) is 30.8 Å². The second-order valence-corrected chi connectivity index (χ2v) is 5.58. The summed E-state index contributed by atoms with van der Waals surface area (Å²) >= 11 is 0. The molecule has 0 amide bonds. The summed E-state index contributed by atoms with van der Waals surface area (Å²) < 4.78 is 0. The molecular formula is C18H21N7O. The van der Waals surface area contributed by atoms with E-state index in [4.69, 9.17) is 0 Å². The molecule has 4 N–H and O–H groups in total. The summed E-state index contributed by atoms with van der Waals surface area (Å²) in [7, 11) is 1.90. The summed E-state index contributed by atoms with van der Waals surface area (Å²) in [6, 6.07) is 11.2. The quantitative estimate of drug-likeness (QED) is 0.455. The highest BCUT2D eigenvalue weighted by Gasteiger charge is 2.06. The smallest absolute Gasteiger partial charge is 0.230 e. The number of hydrogen-bond donors (Lipinski definition) is 4. The Morgan fingerprint density at radius 1 is 1.04 bits per heavy atom. The van der Waals surface area contributed by atoms with Gasteiger partial charge in [-0.15, -0.1) is 0 Å². The molecule has 8 nitrogen and oxygen atoms in total. The van der Waals surface area contributed by atoms with Crippen LogP contribution in [0.3, 0.4) is 0 Å². The van der Waals surface area contributed by atoms with E-state index in [1.165, 1.54) is 6.33 Å². The van der Waals surface area contributed by atoms with Crippen LogP contribution in [0.1, 0.15) is 5.56 Å². The number of rotatable bonds is 8. The summed E-state index contributed by atoms with van der Waals surface area (Å²) in [5, 5.41) is 18.7. The monoisotopic (exact) mass is 351 g/mol. The van der Waals surface area contributed by atoms with Crippen molar-refractivity contribution in [3.05, 3.63) is 54.5 Å². The van der Waals surface area contributed by atoms with E-state index in [0.29, 0.717) is 11.8 Å². The predicted octanol–water partition coefficient (Wildman–Crippen LogP) is 1.80. The van der Waals surface area contributed by atoms with E-state index in [1.807, 2.05) is 43.4 Å². The van der Waals surface area contributed by atoms with E-state index in [1.54, 1.807) is 6.20 Å². The van der Waals surface area contributed by atoms with Crippen LogP contribution in [0.2, 0.25) is 0 Å². The third-order valence-electron chi connectivity index (χ3n) is 3.64. The zero-order chi connectivity index (χ0) is 18.2. The van der Waals surface area contributed by atoms with Gasteiger partial charge in [0.1, 0.15) is 12.1 Å². The van der Waals surface area contributed by atoms with Gasteiger partial charge in [-0.1, -0.05) is 12.1 Å². The molecule has 0 atom stereocenters. The van der Waals surface area contributed by atoms with Crippen molar-refractivity contribution in [1.29, 1.82) is 0 Å². The number of nitrogens with zero attached hydrogens (tertiary/aromatic N) is 4. The first-order valence-electron chi connectivity index (χ1n) is 8.29. The molecule has 0 aliphatic rings. The van der Waals surface area contributed by atoms with Gasteiger partial charge in [0.25, 0.3) is 0 Å². The highest BCUT2D eigenvalue weighted by atomic mass is 16.3. The van der Waals surface area contributed by atoms with E-state index in [9.17, 15) is 5.11 Å². The first-order chi connectivity index (χ1) is 12.8. The molecule has 0 spiro atoms. The Morgan fingerprint density at radius 2 is 1.96 bits per heavy atom. The predicted molar refractivity (Wildman–Crippen MR) is 101 cm³/mol. The molecule has 134 valence electrons. The normalized spacial score (nSPS) is 10.5. The molecule has 0 fully saturated rings. The van der Waals surface area contributed by atoms with Gasteiger partial charge in [0.15, 0.2) is 5.82 Å². The SMILES string of the molecule is CNCCNc1cc(-c2ncnc(Nc3cccc(CO)c3)n2)ccn1. The van der Waals surface area contributed by atoms with Crippen molar-refractivity contribution in [1.82, 2.24) is 25.3 Å². The second-order valence-electron chi connectivity index (χ2n) is 5.58. The molecule has 0 aliphatic heterocycles. The topological polar surface area (TPSA) is 108 Å². The van der Waals surface area contributed by atoms with Gasteiger partial charge in [-0.25, -0.2) is 15.0 Å². The van der Waals surface area contributed by atoms with Crippen LogP contribution in [-0.4, -0.2) is 45.2 Å². The number of benzene rings is 1. The lowest BCUT2D eigenvalue weighted by Crippen LogP contribution is -2.18. The lowest BCUT2D eigenvalue weighted by Gasteiger charge is -2.08. The Bertz CT molecular complexity index is 856. The number of anilines is 3. The van der Waals surface area contributed by atoms with Crippen LogP contribution >= 0.6 is 0 Å². The standard InChI is InChI=1S/C18H21N7O/c1-19-7-8-21-16-10-14(5-6-20-16)17-22-12-23-18(25-17)24-15-4-2-3-13(9-15)11-26/h2-6,9-10,12,19,26H,7-8,11H2,1H3,(H,20,21)(H,22,23,24,25). The van der Waals surface area contributed by atoms with Crippen LogP contribution in [0.4, 0.5) is 17.5 Å². The number of aliphatic hydroxyl groups is 1. The van der Waals surface area contributed by atoms with Crippen molar-refractivity contribution in [2.24, 2.45) is 0 Å². The lowest BCUT2D eigenvalue weighted by molar-refractivity contribution is 0.282. The fraction of sp³-hybridized carbons (Fsp3) is 0.222. The van der Waals surface area contributed by atoms with Gasteiger partial charge in [0, 0.05) is 30.5 Å². The summed E-state index contributed by atoms with van der Waals surface area (Å²) in [6.07, 6.45) is 3.19. The minimum absolute atomic E-state index is 0.0156. The number of nitrogens with one attached hydrogen (secondary N) is 3. The summed E-state index contributed by atoms with van der Waals surface area (Å²) in [6.45, 7) is 1.61. The van der Waals surface area contributed by atoms with Gasteiger partial charge in [0.2, 0.25) is 5.95 Å². The minimum atomic E-state index is -0.0156. The molecule has 3 rings (SSSR count). The maximum atomic E-state index is 9.24. The fourth-order valence-electron chi connectivity index (χ4n) is 2.35. The molecule has 0 bridgehead atoms. The van der Waals surface area contributed by atoms with E-state index < -0.39 is 0 Å². The van der Waals surface area contributed by atoms with Crippen molar-refractivity contribution >= 4 is 17.5 Å². The Kier molecular flexibility index (Phi) is 6.02. The van der Waals surface area contributed by atoms with Gasteiger partial charge in [-0.3, -0.25) is 0 Å². The van der Waals surface area contributed by atoms with Crippen LogP contribution in [0.25, 0.3) is 11.4 Å². The molecular weight excluding hydrogens is 330 g/mol. The molecule has 0 radical (unpaired) electrons. The Hall–Kier alpha value is -3.10. The molecule has 0 unspecified atom stereocenters. The Labute approximate surface area is 151 Å². The molecule has 8 heteroatoms. The molecule has 1 aromatic carbocycles. The maximum absolute atomic E-state index is 9.24. The first kappa shape index (κ1) is 17.7. The molecule has 2 aromatic heterocycles. The van der Waals surface area contributed by atoms with Crippen molar-refractivity contribution in [3.8, 4) is 11.4 Å². The molecule has 3 aromatic rings. The van der Waals surface area contributed by atoms with Crippen LogP contribution < -0.4 is 16.0 Å². The minimum Gasteiger partial charge on any atom is -0.392 e. The average molecular weight is 351 g/mol. The lowest BCUT2D eigenvalue weighted by atomic mass is 10.2. The molecule has 0 saturated carbocycles. The molecule has 0 aliphatic carbocycles. The molecule has 0 saturated heterocycles. The highest BCUT2D eigenvalue weighted by Crippen LogP contribution is 2.19. The zero-order valence-corrected chi connectivity index (χ0v) is 14.5. The fourth-order valence-corrected chi connectivity index (χ4v) is 2.35. The summed E-state index contributed by atoms with van der Waals surface area (Å²) in [5.41, 5.74) is 2.47. The highest BCUT2D eigenvalue weighted by molar-refractivity contribution is 5.61. The summed E-state index contributed by atoms with van der Waals surface area (Å²) in [4.78, 5) is 17.2. The van der Waals surface area contributed by atoms with E-state index >= 15 is 0 Å². The zero-order valence-electron chi connectivity index (χ0n) is 14.5. The van der Waals surface area contributed by atoms with Gasteiger partial charge < -0.3 is 21.1 Å². The average Bonchev–Trinajstić information content (AvgIpc) is 2.69. The van der Waals surface area contributed by atoms with E-state index in [0.717, 1.165) is 35.7 Å². The van der Waals surface area contributed by atoms with Crippen molar-refractivity contribution in [3.63, 3.8) is 0 Å². The van der Waals surface area contributed by atoms with Crippen LogP contribution in [-0.2, 0) is 6.61 Å². The summed E-state index contributed by atoms with van der Waals surface area (Å²) in [5.74, 6) is 1.76. The van der Waals surface area contributed by atoms with Gasteiger partial charge >= 0.3 is 0 Å². The number of likely N-dealkylation sites (N-methyl/N-ethyl adjacent to an activating group) is 1. The van der Waals surface area contributed by atoms with Crippen molar-refractivity contribution in [2.45, 2.75) is 6.61 Å². The van der Waals surface area contributed by atoms with Gasteiger partial charge in [-0.05, 0) is 36.9 Å².